The second-order valence-electron chi connectivity index (χ2n) is 4.83. The molecule has 0 radical (unpaired) electrons. The highest BCUT2D eigenvalue weighted by Crippen LogP contribution is 2.18. The lowest BCUT2D eigenvalue weighted by Gasteiger charge is -2.33. The molecule has 1 aliphatic heterocycles. The van der Waals surface area contributed by atoms with Gasteiger partial charge in [-0.15, -0.1) is 5.10 Å². The minimum atomic E-state index is 0.335. The first-order valence-electron chi connectivity index (χ1n) is 7.23. The van der Waals surface area contributed by atoms with Crippen LogP contribution in [0.1, 0.15) is 32.4 Å². The molecule has 1 saturated heterocycles. The van der Waals surface area contributed by atoms with Gasteiger partial charge >= 0.3 is 0 Å². The Bertz CT molecular complexity index is 366. The number of nitrogens with one attached hydrogen (secondary N) is 1. The molecule has 19 heavy (non-hydrogen) atoms. The van der Waals surface area contributed by atoms with Crippen LogP contribution < -0.4 is 10.2 Å². The number of aromatic nitrogens is 2. The molecule has 0 aliphatic carbocycles. The maximum Gasteiger partial charge on any atom is 0.151 e. The van der Waals surface area contributed by atoms with E-state index in [9.17, 15) is 0 Å². The summed E-state index contributed by atoms with van der Waals surface area (Å²) in [5.74, 6) is 0.963. The molecule has 5 nitrogen and oxygen atoms in total. The Morgan fingerprint density at radius 1 is 1.37 bits per heavy atom. The van der Waals surface area contributed by atoms with Gasteiger partial charge in [-0.05, 0) is 38.4 Å². The topological polar surface area (TPSA) is 50.3 Å². The Balaban J connectivity index is 1.93. The van der Waals surface area contributed by atoms with Gasteiger partial charge in [0.05, 0.1) is 11.8 Å². The van der Waals surface area contributed by atoms with E-state index in [-0.39, 0.29) is 0 Å². The van der Waals surface area contributed by atoms with Crippen molar-refractivity contribution in [2.24, 2.45) is 0 Å². The van der Waals surface area contributed by atoms with Crippen molar-refractivity contribution >= 4 is 5.82 Å². The van der Waals surface area contributed by atoms with E-state index in [1.165, 1.54) is 0 Å². The Morgan fingerprint density at radius 3 is 2.95 bits per heavy atom. The zero-order valence-electron chi connectivity index (χ0n) is 11.9. The van der Waals surface area contributed by atoms with Crippen LogP contribution in [-0.4, -0.2) is 42.5 Å². The van der Waals surface area contributed by atoms with Gasteiger partial charge in [0, 0.05) is 26.2 Å². The van der Waals surface area contributed by atoms with Gasteiger partial charge in [0.2, 0.25) is 0 Å². The number of hydrogen-bond acceptors (Lipinski definition) is 5. The van der Waals surface area contributed by atoms with Gasteiger partial charge in [-0.2, -0.15) is 5.10 Å². The highest BCUT2D eigenvalue weighted by Gasteiger charge is 2.21. The Morgan fingerprint density at radius 2 is 2.26 bits per heavy atom. The zero-order chi connectivity index (χ0) is 13.5. The smallest absolute Gasteiger partial charge is 0.151 e. The highest BCUT2D eigenvalue weighted by molar-refractivity contribution is 5.38. The fourth-order valence-corrected chi connectivity index (χ4v) is 2.39. The molecule has 0 bridgehead atoms. The molecule has 1 unspecified atom stereocenters. The second kappa shape index (κ2) is 7.40. The number of rotatable bonds is 6. The molecule has 0 spiro atoms. The lowest BCUT2D eigenvalue weighted by Crippen LogP contribution is -2.40. The SMILES string of the molecule is CCNCc1ccc(N2CCCC(OCC)C2)nn1. The number of piperidine rings is 1. The van der Waals surface area contributed by atoms with Crippen LogP contribution in [0.2, 0.25) is 0 Å². The molecule has 0 aromatic carbocycles. The van der Waals surface area contributed by atoms with Gasteiger partial charge in [0.1, 0.15) is 0 Å². The van der Waals surface area contributed by atoms with Crippen molar-refractivity contribution in [3.8, 4) is 0 Å². The highest BCUT2D eigenvalue weighted by atomic mass is 16.5. The lowest BCUT2D eigenvalue weighted by atomic mass is 10.1. The Kier molecular flexibility index (Phi) is 5.54. The average molecular weight is 264 g/mol. The molecule has 1 aliphatic rings. The predicted molar refractivity (Wildman–Crippen MR) is 76.3 cm³/mol. The summed E-state index contributed by atoms with van der Waals surface area (Å²) in [5, 5.41) is 11.8. The Hall–Kier alpha value is -1.20. The first kappa shape index (κ1) is 14.2. The minimum absolute atomic E-state index is 0.335. The second-order valence-corrected chi connectivity index (χ2v) is 4.83. The van der Waals surface area contributed by atoms with Crippen molar-refractivity contribution in [1.82, 2.24) is 15.5 Å². The summed E-state index contributed by atoms with van der Waals surface area (Å²) in [5.41, 5.74) is 0.990. The van der Waals surface area contributed by atoms with Gasteiger partial charge in [-0.25, -0.2) is 0 Å². The molecule has 1 aromatic heterocycles. The van der Waals surface area contributed by atoms with Crippen LogP contribution in [-0.2, 0) is 11.3 Å². The van der Waals surface area contributed by atoms with Gasteiger partial charge in [0.15, 0.2) is 5.82 Å². The summed E-state index contributed by atoms with van der Waals surface area (Å²) in [6.07, 6.45) is 2.64. The van der Waals surface area contributed by atoms with E-state index in [1.807, 2.05) is 6.92 Å². The number of nitrogens with zero attached hydrogens (tertiary/aromatic N) is 3. The van der Waals surface area contributed by atoms with Gasteiger partial charge in [0.25, 0.3) is 0 Å². The molecule has 106 valence electrons. The third kappa shape index (κ3) is 4.14. The third-order valence-corrected chi connectivity index (χ3v) is 3.37. The monoisotopic (exact) mass is 264 g/mol. The summed E-state index contributed by atoms with van der Waals surface area (Å²) in [6.45, 7) is 8.63. The molecular weight excluding hydrogens is 240 g/mol. The molecule has 2 rings (SSSR count). The maximum atomic E-state index is 5.71. The quantitative estimate of drug-likeness (QED) is 0.845. The average Bonchev–Trinajstić information content (AvgIpc) is 2.46. The van der Waals surface area contributed by atoms with Crippen LogP contribution in [0, 0.1) is 0 Å². The largest absolute Gasteiger partial charge is 0.377 e. The maximum absolute atomic E-state index is 5.71. The van der Waals surface area contributed by atoms with Crippen LogP contribution >= 0.6 is 0 Å². The van der Waals surface area contributed by atoms with Crippen LogP contribution in [0.3, 0.4) is 0 Å². The molecule has 2 heterocycles. The van der Waals surface area contributed by atoms with E-state index in [0.29, 0.717) is 6.10 Å². The first-order chi connectivity index (χ1) is 9.33. The van der Waals surface area contributed by atoms with Crippen LogP contribution in [0.25, 0.3) is 0 Å². The minimum Gasteiger partial charge on any atom is -0.377 e. The van der Waals surface area contributed by atoms with Crippen molar-refractivity contribution in [3.05, 3.63) is 17.8 Å². The van der Waals surface area contributed by atoms with E-state index >= 15 is 0 Å². The lowest BCUT2D eigenvalue weighted by molar-refractivity contribution is 0.0525. The van der Waals surface area contributed by atoms with Crippen molar-refractivity contribution < 1.29 is 4.74 Å². The Labute approximate surface area is 115 Å². The first-order valence-corrected chi connectivity index (χ1v) is 7.23. The predicted octanol–water partition coefficient (Wildman–Crippen LogP) is 1.59. The molecule has 5 heteroatoms. The van der Waals surface area contributed by atoms with E-state index in [4.69, 9.17) is 4.74 Å². The van der Waals surface area contributed by atoms with Crippen molar-refractivity contribution in [2.75, 3.05) is 31.1 Å². The number of hydrogen-bond donors (Lipinski definition) is 1. The molecule has 0 saturated carbocycles. The molecule has 1 fully saturated rings. The van der Waals surface area contributed by atoms with Crippen LogP contribution in [0.15, 0.2) is 12.1 Å². The summed E-state index contributed by atoms with van der Waals surface area (Å²) in [4.78, 5) is 2.27. The molecular formula is C14H24N4O. The van der Waals surface area contributed by atoms with E-state index < -0.39 is 0 Å². The van der Waals surface area contributed by atoms with E-state index in [1.54, 1.807) is 0 Å². The van der Waals surface area contributed by atoms with Gasteiger partial charge in [-0.3, -0.25) is 0 Å². The van der Waals surface area contributed by atoms with Crippen molar-refractivity contribution in [2.45, 2.75) is 39.3 Å². The normalized spacial score (nSPS) is 19.7. The summed E-state index contributed by atoms with van der Waals surface area (Å²) in [6, 6.07) is 4.11. The van der Waals surface area contributed by atoms with Crippen molar-refractivity contribution in [3.63, 3.8) is 0 Å². The molecule has 1 N–H and O–H groups in total. The standard InChI is InChI=1S/C14H24N4O/c1-3-15-10-12-7-8-14(17-16-12)18-9-5-6-13(11-18)19-4-2/h7-8,13,15H,3-6,9-11H2,1-2H3. The van der Waals surface area contributed by atoms with Gasteiger partial charge in [-0.1, -0.05) is 6.92 Å². The molecule has 0 amide bonds. The molecule has 1 atom stereocenters. The van der Waals surface area contributed by atoms with E-state index in [0.717, 1.165) is 57.1 Å². The third-order valence-electron chi connectivity index (χ3n) is 3.37. The number of ether oxygens (including phenoxy) is 1. The van der Waals surface area contributed by atoms with Crippen molar-refractivity contribution in [1.29, 1.82) is 0 Å². The molecule has 1 aromatic rings. The number of anilines is 1. The summed E-state index contributed by atoms with van der Waals surface area (Å²) in [7, 11) is 0. The fraction of sp³-hybridized carbons (Fsp3) is 0.714. The van der Waals surface area contributed by atoms with Crippen LogP contribution in [0.5, 0.6) is 0 Å². The zero-order valence-corrected chi connectivity index (χ0v) is 11.9. The van der Waals surface area contributed by atoms with Crippen LogP contribution in [0.4, 0.5) is 5.82 Å². The van der Waals surface area contributed by atoms with E-state index in [2.05, 4.69) is 39.5 Å². The summed E-state index contributed by atoms with van der Waals surface area (Å²) >= 11 is 0. The fourth-order valence-electron chi connectivity index (χ4n) is 2.39. The summed E-state index contributed by atoms with van der Waals surface area (Å²) < 4.78 is 5.71. The van der Waals surface area contributed by atoms with Gasteiger partial charge < -0.3 is 15.0 Å².